The van der Waals surface area contributed by atoms with Gasteiger partial charge in [0.15, 0.2) is 5.78 Å². The Morgan fingerprint density at radius 2 is 1.76 bits per heavy atom. The quantitative estimate of drug-likeness (QED) is 0.792. The number of hydrogen-bond acceptors (Lipinski definition) is 3. The van der Waals surface area contributed by atoms with E-state index in [9.17, 15) is 4.79 Å². The number of ketones is 1. The van der Waals surface area contributed by atoms with Gasteiger partial charge in [0.2, 0.25) is 0 Å². The molecule has 0 aliphatic rings. The van der Waals surface area contributed by atoms with Crippen LogP contribution < -0.4 is 5.32 Å². The van der Waals surface area contributed by atoms with Crippen LogP contribution in [0.4, 0.5) is 0 Å². The highest BCUT2D eigenvalue weighted by molar-refractivity contribution is 5.93. The fraction of sp³-hybridized carbons (Fsp3) is 0.278. The fourth-order valence-corrected chi connectivity index (χ4v) is 2.22. The number of Topliss-reactive ketones (excluding diaryl/α,β-unsaturated/α-hetero) is 1. The highest BCUT2D eigenvalue weighted by atomic mass is 16.5. The molecule has 0 radical (unpaired) electrons. The minimum absolute atomic E-state index is 0.0936. The first-order valence-corrected chi connectivity index (χ1v) is 7.08. The summed E-state index contributed by atoms with van der Waals surface area (Å²) in [5.41, 5.74) is 3.10. The molecule has 2 rings (SSSR count). The first-order valence-electron chi connectivity index (χ1n) is 7.08. The van der Waals surface area contributed by atoms with E-state index in [1.807, 2.05) is 42.5 Å². The first-order chi connectivity index (χ1) is 10.2. The molecule has 0 spiro atoms. The molecule has 0 bridgehead atoms. The maximum atomic E-state index is 11.3. The van der Waals surface area contributed by atoms with E-state index in [1.165, 1.54) is 5.56 Å². The van der Waals surface area contributed by atoms with Crippen molar-refractivity contribution in [3.63, 3.8) is 0 Å². The summed E-state index contributed by atoms with van der Waals surface area (Å²) in [6.45, 7) is 2.94. The number of benzene rings is 2. The molecule has 21 heavy (non-hydrogen) atoms. The maximum Gasteiger partial charge on any atom is 0.159 e. The molecule has 3 nitrogen and oxygen atoms in total. The second kappa shape index (κ2) is 7.72. The Hall–Kier alpha value is -1.97. The SMILES string of the molecule is COC[C@H](NCc1ccc(C(C)=O)cc1)c1ccccc1. The van der Waals surface area contributed by atoms with E-state index >= 15 is 0 Å². The number of methoxy groups -OCH3 is 1. The zero-order valence-corrected chi connectivity index (χ0v) is 12.5. The lowest BCUT2D eigenvalue weighted by Crippen LogP contribution is -2.24. The summed E-state index contributed by atoms with van der Waals surface area (Å²) in [6, 6.07) is 18.1. The lowest BCUT2D eigenvalue weighted by atomic mass is 10.1. The number of ether oxygens (including phenoxy) is 1. The molecule has 0 aromatic heterocycles. The van der Waals surface area contributed by atoms with Crippen molar-refractivity contribution in [3.8, 4) is 0 Å². The van der Waals surface area contributed by atoms with Crippen molar-refractivity contribution < 1.29 is 9.53 Å². The third-order valence-electron chi connectivity index (χ3n) is 3.45. The van der Waals surface area contributed by atoms with Crippen molar-refractivity contribution in [1.82, 2.24) is 5.32 Å². The Labute approximate surface area is 126 Å². The molecule has 0 saturated heterocycles. The van der Waals surface area contributed by atoms with Crippen LogP contribution in [0.15, 0.2) is 54.6 Å². The van der Waals surface area contributed by atoms with Crippen molar-refractivity contribution in [2.75, 3.05) is 13.7 Å². The predicted molar refractivity (Wildman–Crippen MR) is 84.3 cm³/mol. The standard InChI is InChI=1S/C18H21NO2/c1-14(20)16-10-8-15(9-11-16)12-19-18(13-21-2)17-6-4-3-5-7-17/h3-11,18-19H,12-13H2,1-2H3/t18-/m0/s1. The maximum absolute atomic E-state index is 11.3. The average Bonchev–Trinajstić information content (AvgIpc) is 2.52. The smallest absolute Gasteiger partial charge is 0.159 e. The van der Waals surface area contributed by atoms with Gasteiger partial charge in [-0.05, 0) is 18.1 Å². The van der Waals surface area contributed by atoms with Gasteiger partial charge in [-0.3, -0.25) is 4.79 Å². The Bertz CT molecular complexity index is 564. The molecule has 110 valence electrons. The largest absolute Gasteiger partial charge is 0.383 e. The number of carbonyl (C=O) groups is 1. The molecule has 0 unspecified atom stereocenters. The minimum atomic E-state index is 0.0936. The van der Waals surface area contributed by atoms with Crippen LogP contribution in [-0.2, 0) is 11.3 Å². The van der Waals surface area contributed by atoms with Crippen molar-refractivity contribution in [2.24, 2.45) is 0 Å². The van der Waals surface area contributed by atoms with Crippen molar-refractivity contribution >= 4 is 5.78 Å². The minimum Gasteiger partial charge on any atom is -0.383 e. The van der Waals surface area contributed by atoms with Crippen LogP contribution >= 0.6 is 0 Å². The molecular formula is C18H21NO2. The molecule has 1 N–H and O–H groups in total. The molecule has 0 aliphatic carbocycles. The van der Waals surface area contributed by atoms with E-state index in [-0.39, 0.29) is 11.8 Å². The van der Waals surface area contributed by atoms with E-state index in [1.54, 1.807) is 14.0 Å². The van der Waals surface area contributed by atoms with Gasteiger partial charge in [0.1, 0.15) is 0 Å². The van der Waals surface area contributed by atoms with Crippen LogP contribution in [0.1, 0.15) is 34.5 Å². The summed E-state index contributed by atoms with van der Waals surface area (Å²) in [5, 5.41) is 3.49. The van der Waals surface area contributed by atoms with E-state index in [4.69, 9.17) is 4.74 Å². The van der Waals surface area contributed by atoms with Gasteiger partial charge in [0.05, 0.1) is 12.6 Å². The molecule has 0 amide bonds. The molecule has 0 fully saturated rings. The number of rotatable bonds is 7. The molecule has 0 heterocycles. The van der Waals surface area contributed by atoms with E-state index in [0.29, 0.717) is 6.61 Å². The predicted octanol–water partition coefficient (Wildman–Crippen LogP) is 3.37. The topological polar surface area (TPSA) is 38.3 Å². The van der Waals surface area contributed by atoms with Crippen molar-refractivity contribution in [2.45, 2.75) is 19.5 Å². The van der Waals surface area contributed by atoms with E-state index < -0.39 is 0 Å². The molecular weight excluding hydrogens is 262 g/mol. The third-order valence-corrected chi connectivity index (χ3v) is 3.45. The van der Waals surface area contributed by atoms with E-state index in [2.05, 4.69) is 17.4 Å². The lowest BCUT2D eigenvalue weighted by molar-refractivity contribution is 0.101. The summed E-state index contributed by atoms with van der Waals surface area (Å²) in [6.07, 6.45) is 0. The molecule has 1 atom stereocenters. The van der Waals surface area contributed by atoms with Gasteiger partial charge in [-0.2, -0.15) is 0 Å². The normalized spacial score (nSPS) is 12.1. The molecule has 2 aromatic carbocycles. The number of hydrogen-bond donors (Lipinski definition) is 1. The summed E-state index contributed by atoms with van der Waals surface area (Å²) in [5.74, 6) is 0.0936. The van der Waals surface area contributed by atoms with Gasteiger partial charge in [-0.1, -0.05) is 54.6 Å². The monoisotopic (exact) mass is 283 g/mol. The van der Waals surface area contributed by atoms with Gasteiger partial charge in [-0.25, -0.2) is 0 Å². The Morgan fingerprint density at radius 1 is 1.10 bits per heavy atom. The van der Waals surface area contributed by atoms with Crippen LogP contribution in [0.2, 0.25) is 0 Å². The molecule has 3 heteroatoms. The van der Waals surface area contributed by atoms with Crippen LogP contribution in [0.5, 0.6) is 0 Å². The zero-order chi connectivity index (χ0) is 15.1. The van der Waals surface area contributed by atoms with Crippen LogP contribution in [0.3, 0.4) is 0 Å². The Balaban J connectivity index is 2.00. The summed E-state index contributed by atoms with van der Waals surface area (Å²) < 4.78 is 5.29. The van der Waals surface area contributed by atoms with E-state index in [0.717, 1.165) is 17.7 Å². The van der Waals surface area contributed by atoms with Gasteiger partial charge in [0, 0.05) is 19.2 Å². The van der Waals surface area contributed by atoms with Gasteiger partial charge < -0.3 is 10.1 Å². The first kappa shape index (κ1) is 15.4. The highest BCUT2D eigenvalue weighted by Gasteiger charge is 2.10. The third kappa shape index (κ3) is 4.52. The van der Waals surface area contributed by atoms with Crippen LogP contribution in [0, 0.1) is 0 Å². The zero-order valence-electron chi connectivity index (χ0n) is 12.5. The van der Waals surface area contributed by atoms with Gasteiger partial charge >= 0.3 is 0 Å². The molecule has 2 aromatic rings. The van der Waals surface area contributed by atoms with Crippen molar-refractivity contribution in [3.05, 3.63) is 71.3 Å². The van der Waals surface area contributed by atoms with Crippen LogP contribution in [0.25, 0.3) is 0 Å². The second-order valence-electron chi connectivity index (χ2n) is 5.05. The Morgan fingerprint density at radius 3 is 2.33 bits per heavy atom. The second-order valence-corrected chi connectivity index (χ2v) is 5.05. The fourth-order valence-electron chi connectivity index (χ4n) is 2.22. The van der Waals surface area contributed by atoms with Gasteiger partial charge in [-0.15, -0.1) is 0 Å². The molecule has 0 saturated carbocycles. The summed E-state index contributed by atoms with van der Waals surface area (Å²) >= 11 is 0. The number of carbonyl (C=O) groups excluding carboxylic acids is 1. The molecule has 0 aliphatic heterocycles. The summed E-state index contributed by atoms with van der Waals surface area (Å²) in [4.78, 5) is 11.3. The average molecular weight is 283 g/mol. The Kier molecular flexibility index (Phi) is 5.67. The van der Waals surface area contributed by atoms with Crippen molar-refractivity contribution in [1.29, 1.82) is 0 Å². The van der Waals surface area contributed by atoms with Crippen LogP contribution in [-0.4, -0.2) is 19.5 Å². The lowest BCUT2D eigenvalue weighted by Gasteiger charge is -2.18. The summed E-state index contributed by atoms with van der Waals surface area (Å²) in [7, 11) is 1.71. The van der Waals surface area contributed by atoms with Gasteiger partial charge in [0.25, 0.3) is 0 Å². The highest BCUT2D eigenvalue weighted by Crippen LogP contribution is 2.14. The number of nitrogens with one attached hydrogen (secondary N) is 1.